The Morgan fingerprint density at radius 3 is 2.80 bits per heavy atom. The van der Waals surface area contributed by atoms with Crippen LogP contribution in [0.2, 0.25) is 0 Å². The van der Waals surface area contributed by atoms with Crippen molar-refractivity contribution in [2.45, 2.75) is 12.7 Å². The molecule has 1 aromatic heterocycles. The first kappa shape index (κ1) is 15.2. The summed E-state index contributed by atoms with van der Waals surface area (Å²) in [5.74, 6) is 0.0416. The number of halogens is 3. The average molecular weight is 290 g/mol. The summed E-state index contributed by atoms with van der Waals surface area (Å²) in [5.41, 5.74) is -0.162. The molecule has 0 aromatic carbocycles. The van der Waals surface area contributed by atoms with Crippen molar-refractivity contribution in [3.8, 4) is 0 Å². The number of nitrogens with zero attached hydrogens (tertiary/aromatic N) is 2. The molecule has 1 saturated heterocycles. The number of pyridine rings is 1. The standard InChI is InChI=1S/C13H17F3N2O2/c14-13(15,16)12-2-1-10(5-17-12)6-18-3-4-20-9-11(7-18)8-19/h1-2,5,11,19H,3-4,6-9H2. The van der Waals surface area contributed by atoms with Crippen LogP contribution in [0.4, 0.5) is 13.2 Å². The lowest BCUT2D eigenvalue weighted by molar-refractivity contribution is -0.141. The predicted molar refractivity (Wildman–Crippen MR) is 65.9 cm³/mol. The number of hydrogen-bond donors (Lipinski definition) is 1. The van der Waals surface area contributed by atoms with Crippen molar-refractivity contribution in [3.05, 3.63) is 29.6 Å². The minimum atomic E-state index is -4.41. The highest BCUT2D eigenvalue weighted by Gasteiger charge is 2.32. The third kappa shape index (κ3) is 4.16. The molecule has 1 fully saturated rings. The van der Waals surface area contributed by atoms with Gasteiger partial charge < -0.3 is 9.84 Å². The van der Waals surface area contributed by atoms with Gasteiger partial charge in [0, 0.05) is 38.4 Å². The zero-order valence-corrected chi connectivity index (χ0v) is 10.9. The highest BCUT2D eigenvalue weighted by Crippen LogP contribution is 2.27. The number of aliphatic hydroxyl groups is 1. The molecule has 0 radical (unpaired) electrons. The molecule has 0 saturated carbocycles. The summed E-state index contributed by atoms with van der Waals surface area (Å²) in [6, 6.07) is 2.43. The number of alkyl halides is 3. The highest BCUT2D eigenvalue weighted by molar-refractivity contribution is 5.16. The lowest BCUT2D eigenvalue weighted by Gasteiger charge is -2.22. The third-order valence-electron chi connectivity index (χ3n) is 3.20. The summed E-state index contributed by atoms with van der Waals surface area (Å²) in [5, 5.41) is 9.18. The molecule has 1 N–H and O–H groups in total. The van der Waals surface area contributed by atoms with Crippen LogP contribution in [0.3, 0.4) is 0 Å². The zero-order valence-electron chi connectivity index (χ0n) is 10.9. The van der Waals surface area contributed by atoms with Crippen molar-refractivity contribution in [2.75, 3.05) is 32.9 Å². The van der Waals surface area contributed by atoms with Crippen molar-refractivity contribution >= 4 is 0 Å². The molecular formula is C13H17F3N2O2. The Morgan fingerprint density at radius 2 is 2.20 bits per heavy atom. The number of aromatic nitrogens is 1. The van der Waals surface area contributed by atoms with E-state index in [-0.39, 0.29) is 12.5 Å². The summed E-state index contributed by atoms with van der Waals surface area (Å²) in [7, 11) is 0. The molecule has 4 nitrogen and oxygen atoms in total. The van der Waals surface area contributed by atoms with Crippen molar-refractivity contribution in [2.24, 2.45) is 5.92 Å². The van der Waals surface area contributed by atoms with Gasteiger partial charge in [-0.25, -0.2) is 0 Å². The first-order valence-electron chi connectivity index (χ1n) is 6.42. The van der Waals surface area contributed by atoms with E-state index in [1.54, 1.807) is 0 Å². The molecule has 1 atom stereocenters. The van der Waals surface area contributed by atoms with Crippen LogP contribution in [0.15, 0.2) is 18.3 Å². The Kier molecular flexibility index (Phi) is 4.95. The molecule has 1 aliphatic heterocycles. The van der Waals surface area contributed by atoms with E-state index < -0.39 is 11.9 Å². The second kappa shape index (κ2) is 6.51. The topological polar surface area (TPSA) is 45.6 Å². The van der Waals surface area contributed by atoms with Crippen LogP contribution in [0.25, 0.3) is 0 Å². The van der Waals surface area contributed by atoms with Crippen LogP contribution >= 0.6 is 0 Å². The van der Waals surface area contributed by atoms with Crippen LogP contribution < -0.4 is 0 Å². The first-order valence-corrected chi connectivity index (χ1v) is 6.42. The first-order chi connectivity index (χ1) is 9.49. The molecule has 2 rings (SSSR count). The van der Waals surface area contributed by atoms with Crippen LogP contribution in [0, 0.1) is 5.92 Å². The summed E-state index contributed by atoms with van der Waals surface area (Å²) in [6.45, 7) is 2.98. The number of hydrogen-bond acceptors (Lipinski definition) is 4. The quantitative estimate of drug-likeness (QED) is 0.917. The Hall–Kier alpha value is -1.18. The van der Waals surface area contributed by atoms with Gasteiger partial charge in [-0.1, -0.05) is 6.07 Å². The normalized spacial score (nSPS) is 21.7. The second-order valence-electron chi connectivity index (χ2n) is 4.91. The molecule has 1 unspecified atom stereocenters. The number of ether oxygens (including phenoxy) is 1. The average Bonchev–Trinajstić information content (AvgIpc) is 2.63. The molecule has 0 bridgehead atoms. The molecule has 7 heteroatoms. The van der Waals surface area contributed by atoms with Gasteiger partial charge in [-0.15, -0.1) is 0 Å². The molecule has 112 valence electrons. The van der Waals surface area contributed by atoms with Gasteiger partial charge >= 0.3 is 6.18 Å². The Balaban J connectivity index is 1.98. The van der Waals surface area contributed by atoms with Crippen LogP contribution in [-0.4, -0.2) is 47.9 Å². The van der Waals surface area contributed by atoms with Gasteiger partial charge in [0.2, 0.25) is 0 Å². The Morgan fingerprint density at radius 1 is 1.40 bits per heavy atom. The van der Waals surface area contributed by atoms with Gasteiger partial charge in [-0.3, -0.25) is 9.88 Å². The van der Waals surface area contributed by atoms with E-state index in [1.807, 2.05) is 0 Å². The Bertz CT molecular complexity index is 423. The van der Waals surface area contributed by atoms with Gasteiger partial charge in [0.15, 0.2) is 0 Å². The molecule has 2 heterocycles. The maximum absolute atomic E-state index is 12.4. The molecule has 1 aromatic rings. The fourth-order valence-electron chi connectivity index (χ4n) is 2.15. The monoisotopic (exact) mass is 290 g/mol. The minimum Gasteiger partial charge on any atom is -0.396 e. The minimum absolute atomic E-state index is 0.0416. The fraction of sp³-hybridized carbons (Fsp3) is 0.615. The maximum Gasteiger partial charge on any atom is 0.433 e. The summed E-state index contributed by atoms with van der Waals surface area (Å²) < 4.78 is 42.6. The molecule has 1 aliphatic rings. The number of rotatable bonds is 3. The fourth-order valence-corrected chi connectivity index (χ4v) is 2.15. The summed E-state index contributed by atoms with van der Waals surface area (Å²) in [4.78, 5) is 5.50. The van der Waals surface area contributed by atoms with Gasteiger partial charge in [-0.05, 0) is 11.6 Å². The van der Waals surface area contributed by atoms with Gasteiger partial charge in [-0.2, -0.15) is 13.2 Å². The molecular weight excluding hydrogens is 273 g/mol. The van der Waals surface area contributed by atoms with Crippen LogP contribution in [0.5, 0.6) is 0 Å². The summed E-state index contributed by atoms with van der Waals surface area (Å²) >= 11 is 0. The molecule has 20 heavy (non-hydrogen) atoms. The lowest BCUT2D eigenvalue weighted by atomic mass is 10.1. The third-order valence-corrected chi connectivity index (χ3v) is 3.20. The van der Waals surface area contributed by atoms with Crippen molar-refractivity contribution < 1.29 is 23.0 Å². The van der Waals surface area contributed by atoms with E-state index in [0.29, 0.717) is 32.8 Å². The SMILES string of the molecule is OCC1COCCN(Cc2ccc(C(F)(F)F)nc2)C1. The van der Waals surface area contributed by atoms with E-state index in [2.05, 4.69) is 9.88 Å². The van der Waals surface area contributed by atoms with E-state index in [1.165, 1.54) is 12.3 Å². The van der Waals surface area contributed by atoms with E-state index in [0.717, 1.165) is 11.6 Å². The van der Waals surface area contributed by atoms with Crippen molar-refractivity contribution in [1.82, 2.24) is 9.88 Å². The van der Waals surface area contributed by atoms with Gasteiger partial charge in [0.1, 0.15) is 5.69 Å². The molecule has 0 spiro atoms. The maximum atomic E-state index is 12.4. The largest absolute Gasteiger partial charge is 0.433 e. The molecule has 0 aliphatic carbocycles. The highest BCUT2D eigenvalue weighted by atomic mass is 19.4. The van der Waals surface area contributed by atoms with E-state index in [4.69, 9.17) is 4.74 Å². The van der Waals surface area contributed by atoms with Crippen LogP contribution in [0.1, 0.15) is 11.3 Å². The van der Waals surface area contributed by atoms with Crippen molar-refractivity contribution in [3.63, 3.8) is 0 Å². The van der Waals surface area contributed by atoms with Gasteiger partial charge in [0.05, 0.1) is 13.2 Å². The van der Waals surface area contributed by atoms with Crippen molar-refractivity contribution in [1.29, 1.82) is 0 Å². The molecule has 0 amide bonds. The Labute approximate surface area is 115 Å². The smallest absolute Gasteiger partial charge is 0.396 e. The van der Waals surface area contributed by atoms with Gasteiger partial charge in [0.25, 0.3) is 0 Å². The van der Waals surface area contributed by atoms with E-state index >= 15 is 0 Å². The summed E-state index contributed by atoms with van der Waals surface area (Å²) in [6.07, 6.45) is -3.15. The lowest BCUT2D eigenvalue weighted by Crippen LogP contribution is -2.31. The second-order valence-corrected chi connectivity index (χ2v) is 4.91. The number of aliphatic hydroxyl groups excluding tert-OH is 1. The van der Waals surface area contributed by atoms with E-state index in [9.17, 15) is 18.3 Å². The zero-order chi connectivity index (χ0) is 14.6. The van der Waals surface area contributed by atoms with Crippen LogP contribution in [-0.2, 0) is 17.5 Å². The predicted octanol–water partition coefficient (Wildman–Crippen LogP) is 1.54.